The largest absolute Gasteiger partial charge is 0.465 e. The summed E-state index contributed by atoms with van der Waals surface area (Å²) in [6, 6.07) is 0. The maximum absolute atomic E-state index is 11.6. The van der Waals surface area contributed by atoms with Gasteiger partial charge in [-0.2, -0.15) is 0 Å². The molecule has 1 rings (SSSR count). The Balaban J connectivity index is 2.09. The predicted octanol–water partition coefficient (Wildman–Crippen LogP) is 1.65. The molecule has 1 aliphatic rings. The smallest absolute Gasteiger partial charge is 0.320 e. The van der Waals surface area contributed by atoms with Gasteiger partial charge in [0.1, 0.15) is 0 Å². The van der Waals surface area contributed by atoms with Crippen LogP contribution in [0.15, 0.2) is 0 Å². The molecule has 0 saturated carbocycles. The molecular formula is C14H28N2O2. The van der Waals surface area contributed by atoms with E-state index >= 15 is 0 Å². The maximum atomic E-state index is 11.6. The molecule has 0 aromatic heterocycles. The van der Waals surface area contributed by atoms with Gasteiger partial charge in [0, 0.05) is 0 Å². The summed E-state index contributed by atoms with van der Waals surface area (Å²) in [5.74, 6) is 0.714. The number of nitrogens with one attached hydrogen (secondary N) is 1. The fourth-order valence-electron chi connectivity index (χ4n) is 2.26. The first-order chi connectivity index (χ1) is 8.76. The van der Waals surface area contributed by atoms with Crippen molar-refractivity contribution in [3.8, 4) is 0 Å². The number of esters is 1. The zero-order valence-corrected chi connectivity index (χ0v) is 11.9. The lowest BCUT2D eigenvalue weighted by Gasteiger charge is -2.31. The van der Waals surface area contributed by atoms with Crippen molar-refractivity contribution in [2.45, 2.75) is 39.5 Å². The van der Waals surface area contributed by atoms with Gasteiger partial charge in [0.25, 0.3) is 0 Å². The number of likely N-dealkylation sites (tertiary alicyclic amines) is 1. The van der Waals surface area contributed by atoms with Crippen LogP contribution in [0.2, 0.25) is 0 Å². The molecule has 0 radical (unpaired) electrons. The average Bonchev–Trinajstić information content (AvgIpc) is 2.38. The second kappa shape index (κ2) is 9.34. The normalized spacial score (nSPS) is 17.9. The Kier molecular flexibility index (Phi) is 8.01. The molecule has 1 aliphatic heterocycles. The SMILES string of the molecule is CCCCOC(=O)CN1CCC(CNCC)CC1. The summed E-state index contributed by atoms with van der Waals surface area (Å²) in [4.78, 5) is 13.8. The molecule has 0 atom stereocenters. The molecular weight excluding hydrogens is 228 g/mol. The van der Waals surface area contributed by atoms with Crippen LogP contribution >= 0.6 is 0 Å². The molecule has 1 N–H and O–H groups in total. The third-order valence-corrected chi connectivity index (χ3v) is 3.50. The van der Waals surface area contributed by atoms with Gasteiger partial charge in [0.15, 0.2) is 0 Å². The third kappa shape index (κ3) is 6.36. The van der Waals surface area contributed by atoms with Crippen LogP contribution < -0.4 is 5.32 Å². The summed E-state index contributed by atoms with van der Waals surface area (Å²) >= 11 is 0. The Morgan fingerprint density at radius 3 is 2.67 bits per heavy atom. The first kappa shape index (κ1) is 15.4. The minimum atomic E-state index is -0.0615. The lowest BCUT2D eigenvalue weighted by molar-refractivity contribution is -0.145. The van der Waals surface area contributed by atoms with Crippen LogP contribution in [0.1, 0.15) is 39.5 Å². The second-order valence-electron chi connectivity index (χ2n) is 5.10. The van der Waals surface area contributed by atoms with Gasteiger partial charge in [-0.1, -0.05) is 20.3 Å². The number of unbranched alkanes of at least 4 members (excludes halogenated alkanes) is 1. The van der Waals surface area contributed by atoms with Crippen LogP contribution in [0.5, 0.6) is 0 Å². The van der Waals surface area contributed by atoms with E-state index in [0.717, 1.165) is 44.9 Å². The van der Waals surface area contributed by atoms with Crippen LogP contribution in [0.3, 0.4) is 0 Å². The van der Waals surface area contributed by atoms with Gasteiger partial charge in [0.05, 0.1) is 13.2 Å². The molecule has 0 aromatic carbocycles. The number of hydrogen-bond acceptors (Lipinski definition) is 4. The number of ether oxygens (including phenoxy) is 1. The lowest BCUT2D eigenvalue weighted by atomic mass is 9.97. The van der Waals surface area contributed by atoms with E-state index in [2.05, 4.69) is 24.1 Å². The molecule has 0 spiro atoms. The van der Waals surface area contributed by atoms with Gasteiger partial charge in [-0.05, 0) is 51.4 Å². The van der Waals surface area contributed by atoms with Crippen molar-refractivity contribution in [1.82, 2.24) is 10.2 Å². The molecule has 18 heavy (non-hydrogen) atoms. The van der Waals surface area contributed by atoms with E-state index in [1.807, 2.05) is 0 Å². The van der Waals surface area contributed by atoms with Crippen molar-refractivity contribution in [3.63, 3.8) is 0 Å². The molecule has 0 bridgehead atoms. The predicted molar refractivity (Wildman–Crippen MR) is 73.6 cm³/mol. The molecule has 0 aromatic rings. The molecule has 106 valence electrons. The van der Waals surface area contributed by atoms with Gasteiger partial charge in [-0.15, -0.1) is 0 Å². The van der Waals surface area contributed by atoms with Crippen molar-refractivity contribution in [1.29, 1.82) is 0 Å². The summed E-state index contributed by atoms with van der Waals surface area (Å²) in [5.41, 5.74) is 0. The van der Waals surface area contributed by atoms with E-state index < -0.39 is 0 Å². The standard InChI is InChI=1S/C14H28N2O2/c1-3-5-10-18-14(17)12-16-8-6-13(7-9-16)11-15-4-2/h13,15H,3-12H2,1-2H3. The summed E-state index contributed by atoms with van der Waals surface area (Å²) in [6.45, 7) is 9.50. The van der Waals surface area contributed by atoms with Crippen LogP contribution in [-0.2, 0) is 9.53 Å². The summed E-state index contributed by atoms with van der Waals surface area (Å²) in [7, 11) is 0. The van der Waals surface area contributed by atoms with Crippen molar-refractivity contribution in [2.24, 2.45) is 5.92 Å². The van der Waals surface area contributed by atoms with Crippen molar-refractivity contribution in [3.05, 3.63) is 0 Å². The Morgan fingerprint density at radius 1 is 1.33 bits per heavy atom. The zero-order chi connectivity index (χ0) is 13.2. The monoisotopic (exact) mass is 256 g/mol. The van der Waals surface area contributed by atoms with E-state index in [9.17, 15) is 4.79 Å². The van der Waals surface area contributed by atoms with E-state index in [-0.39, 0.29) is 5.97 Å². The van der Waals surface area contributed by atoms with E-state index in [0.29, 0.717) is 13.2 Å². The Bertz CT molecular complexity index is 226. The lowest BCUT2D eigenvalue weighted by Crippen LogP contribution is -2.40. The number of piperidine rings is 1. The molecule has 4 heteroatoms. The highest BCUT2D eigenvalue weighted by atomic mass is 16.5. The maximum Gasteiger partial charge on any atom is 0.320 e. The summed E-state index contributed by atoms with van der Waals surface area (Å²) < 4.78 is 5.18. The Labute approximate surface area is 111 Å². The number of carbonyl (C=O) groups is 1. The molecule has 1 heterocycles. The molecule has 1 saturated heterocycles. The van der Waals surface area contributed by atoms with Crippen molar-refractivity contribution in [2.75, 3.05) is 39.3 Å². The van der Waals surface area contributed by atoms with Crippen LogP contribution in [0, 0.1) is 5.92 Å². The topological polar surface area (TPSA) is 41.6 Å². The zero-order valence-electron chi connectivity index (χ0n) is 11.9. The number of carbonyl (C=O) groups excluding carboxylic acids is 1. The molecule has 0 unspecified atom stereocenters. The minimum absolute atomic E-state index is 0.0615. The van der Waals surface area contributed by atoms with Crippen LogP contribution in [0.25, 0.3) is 0 Å². The fraction of sp³-hybridized carbons (Fsp3) is 0.929. The molecule has 0 aliphatic carbocycles. The third-order valence-electron chi connectivity index (χ3n) is 3.50. The Morgan fingerprint density at radius 2 is 2.06 bits per heavy atom. The van der Waals surface area contributed by atoms with Crippen LogP contribution in [-0.4, -0.2) is 50.2 Å². The van der Waals surface area contributed by atoms with Gasteiger partial charge in [0.2, 0.25) is 0 Å². The van der Waals surface area contributed by atoms with E-state index in [4.69, 9.17) is 4.74 Å². The highest BCUT2D eigenvalue weighted by Crippen LogP contribution is 2.16. The number of hydrogen-bond donors (Lipinski definition) is 1. The first-order valence-corrected chi connectivity index (χ1v) is 7.35. The first-order valence-electron chi connectivity index (χ1n) is 7.35. The minimum Gasteiger partial charge on any atom is -0.465 e. The second-order valence-corrected chi connectivity index (χ2v) is 5.10. The van der Waals surface area contributed by atoms with E-state index in [1.165, 1.54) is 12.8 Å². The highest BCUT2D eigenvalue weighted by Gasteiger charge is 2.20. The quantitative estimate of drug-likeness (QED) is 0.530. The summed E-state index contributed by atoms with van der Waals surface area (Å²) in [6.07, 6.45) is 4.42. The summed E-state index contributed by atoms with van der Waals surface area (Å²) in [5, 5.41) is 3.40. The number of rotatable bonds is 8. The molecule has 0 amide bonds. The molecule has 4 nitrogen and oxygen atoms in total. The molecule has 1 fully saturated rings. The van der Waals surface area contributed by atoms with Gasteiger partial charge in [-0.25, -0.2) is 0 Å². The van der Waals surface area contributed by atoms with Gasteiger partial charge in [-0.3, -0.25) is 9.69 Å². The van der Waals surface area contributed by atoms with Crippen molar-refractivity contribution >= 4 is 5.97 Å². The number of nitrogens with zero attached hydrogens (tertiary/aromatic N) is 1. The highest BCUT2D eigenvalue weighted by molar-refractivity contribution is 5.71. The van der Waals surface area contributed by atoms with Crippen LogP contribution in [0.4, 0.5) is 0 Å². The average molecular weight is 256 g/mol. The fourth-order valence-corrected chi connectivity index (χ4v) is 2.26. The van der Waals surface area contributed by atoms with E-state index in [1.54, 1.807) is 0 Å². The van der Waals surface area contributed by atoms with Gasteiger partial charge < -0.3 is 10.1 Å². The Hall–Kier alpha value is -0.610. The van der Waals surface area contributed by atoms with Gasteiger partial charge >= 0.3 is 5.97 Å². The van der Waals surface area contributed by atoms with Crippen molar-refractivity contribution < 1.29 is 9.53 Å².